The fourth-order valence-corrected chi connectivity index (χ4v) is 3.17. The quantitative estimate of drug-likeness (QED) is 0.608. The minimum absolute atomic E-state index is 0.136. The van der Waals surface area contributed by atoms with E-state index in [9.17, 15) is 5.11 Å². The Morgan fingerprint density at radius 1 is 1.14 bits per heavy atom. The van der Waals surface area contributed by atoms with Gasteiger partial charge in [0.25, 0.3) is 0 Å². The van der Waals surface area contributed by atoms with Crippen LogP contribution in [0.15, 0.2) is 61.1 Å². The van der Waals surface area contributed by atoms with Gasteiger partial charge in [-0.25, -0.2) is 4.98 Å². The molecule has 0 amide bonds. The third kappa shape index (κ3) is 1.82. The van der Waals surface area contributed by atoms with Crippen molar-refractivity contribution in [3.8, 4) is 11.3 Å². The minimum Gasteiger partial charge on any atom is -0.389 e. The minimum atomic E-state index is -0.455. The zero-order valence-electron chi connectivity index (χ0n) is 11.8. The highest BCUT2D eigenvalue weighted by Gasteiger charge is 2.29. The molecule has 0 fully saturated rings. The molecular formula is C18H16N2O. The lowest BCUT2D eigenvalue weighted by atomic mass is 9.95. The molecule has 104 valence electrons. The predicted octanol–water partition coefficient (Wildman–Crippen LogP) is 3.55. The number of imidazole rings is 1. The van der Waals surface area contributed by atoms with Gasteiger partial charge in [0.05, 0.1) is 30.4 Å². The Balaban J connectivity index is 1.91. The molecule has 1 aliphatic rings. The van der Waals surface area contributed by atoms with Crippen LogP contribution < -0.4 is 0 Å². The number of hydrogen-bond acceptors (Lipinski definition) is 2. The summed E-state index contributed by atoms with van der Waals surface area (Å²) >= 11 is 0. The summed E-state index contributed by atoms with van der Waals surface area (Å²) in [6.45, 7) is 1.80. The number of rotatable bonds is 2. The molecule has 2 heterocycles. The molecule has 4 rings (SSSR count). The standard InChI is InChI=1S/C18H16N2O/c1-12(21)13-5-4-6-14(9-13)18-16-8-3-2-7-15(16)17-10-19-11-20(17)18/h2-12,18,21H,1H3/t12-,18?/m1/s1. The zero-order valence-corrected chi connectivity index (χ0v) is 11.8. The maximum absolute atomic E-state index is 9.82. The Labute approximate surface area is 123 Å². The highest BCUT2D eigenvalue weighted by atomic mass is 16.3. The van der Waals surface area contributed by atoms with Crippen molar-refractivity contribution in [2.24, 2.45) is 0 Å². The van der Waals surface area contributed by atoms with Crippen LogP contribution in [-0.4, -0.2) is 14.7 Å². The Morgan fingerprint density at radius 2 is 2.00 bits per heavy atom. The molecule has 1 N–H and O–H groups in total. The highest BCUT2D eigenvalue weighted by Crippen LogP contribution is 2.42. The highest BCUT2D eigenvalue weighted by molar-refractivity contribution is 5.70. The van der Waals surface area contributed by atoms with Gasteiger partial charge in [0.15, 0.2) is 0 Å². The number of aliphatic hydroxyl groups excluding tert-OH is 1. The van der Waals surface area contributed by atoms with Crippen LogP contribution in [0.1, 0.15) is 35.8 Å². The van der Waals surface area contributed by atoms with Crippen LogP contribution in [-0.2, 0) is 0 Å². The van der Waals surface area contributed by atoms with Gasteiger partial charge in [0, 0.05) is 5.56 Å². The molecule has 0 radical (unpaired) electrons. The fourth-order valence-electron chi connectivity index (χ4n) is 3.17. The van der Waals surface area contributed by atoms with Crippen molar-refractivity contribution in [3.63, 3.8) is 0 Å². The van der Waals surface area contributed by atoms with Crippen molar-refractivity contribution in [3.05, 3.63) is 77.7 Å². The number of fused-ring (bicyclic) bond motifs is 3. The first kappa shape index (κ1) is 12.4. The van der Waals surface area contributed by atoms with E-state index in [0.717, 1.165) is 11.3 Å². The van der Waals surface area contributed by atoms with Crippen LogP contribution in [0, 0.1) is 0 Å². The lowest BCUT2D eigenvalue weighted by Crippen LogP contribution is -2.07. The number of benzene rings is 2. The molecule has 0 aliphatic carbocycles. The van der Waals surface area contributed by atoms with Crippen LogP contribution >= 0.6 is 0 Å². The summed E-state index contributed by atoms with van der Waals surface area (Å²) in [5, 5.41) is 9.82. The Morgan fingerprint density at radius 3 is 2.86 bits per heavy atom. The molecule has 3 nitrogen and oxygen atoms in total. The normalized spacial score (nSPS) is 17.3. The van der Waals surface area contributed by atoms with E-state index in [1.807, 2.05) is 24.7 Å². The van der Waals surface area contributed by atoms with Gasteiger partial charge in [-0.15, -0.1) is 0 Å². The third-order valence-electron chi connectivity index (χ3n) is 4.18. The summed E-state index contributed by atoms with van der Waals surface area (Å²) in [4.78, 5) is 4.29. The van der Waals surface area contributed by atoms with Crippen molar-refractivity contribution < 1.29 is 5.11 Å². The molecule has 1 aromatic heterocycles. The van der Waals surface area contributed by atoms with E-state index in [2.05, 4.69) is 45.9 Å². The lowest BCUT2D eigenvalue weighted by Gasteiger charge is -2.17. The van der Waals surface area contributed by atoms with Crippen LogP contribution in [0.2, 0.25) is 0 Å². The Bertz CT molecular complexity index is 804. The maximum Gasteiger partial charge on any atom is 0.0959 e. The number of hydrogen-bond donors (Lipinski definition) is 1. The second kappa shape index (κ2) is 4.57. The van der Waals surface area contributed by atoms with Crippen LogP contribution in [0.5, 0.6) is 0 Å². The maximum atomic E-state index is 9.82. The largest absolute Gasteiger partial charge is 0.389 e. The van der Waals surface area contributed by atoms with Gasteiger partial charge < -0.3 is 9.67 Å². The predicted molar refractivity (Wildman–Crippen MR) is 82.0 cm³/mol. The van der Waals surface area contributed by atoms with Gasteiger partial charge in [0.2, 0.25) is 0 Å². The smallest absolute Gasteiger partial charge is 0.0959 e. The molecule has 1 aliphatic heterocycles. The topological polar surface area (TPSA) is 38.1 Å². The summed E-state index contributed by atoms with van der Waals surface area (Å²) in [5.41, 5.74) is 5.80. The van der Waals surface area contributed by atoms with E-state index in [4.69, 9.17) is 0 Å². The Kier molecular flexibility index (Phi) is 2.69. The molecule has 2 aromatic carbocycles. The fraction of sp³-hybridized carbons (Fsp3) is 0.167. The molecule has 1 unspecified atom stereocenters. The Hall–Kier alpha value is -2.39. The molecule has 0 spiro atoms. The number of aliphatic hydroxyl groups is 1. The van der Waals surface area contributed by atoms with Gasteiger partial charge in [-0.1, -0.05) is 48.5 Å². The molecule has 2 atom stereocenters. The molecule has 3 heteroatoms. The molecule has 0 bridgehead atoms. The number of aromatic nitrogens is 2. The average Bonchev–Trinajstić information content (AvgIpc) is 3.07. The first-order chi connectivity index (χ1) is 10.3. The second-order valence-electron chi connectivity index (χ2n) is 5.52. The van der Waals surface area contributed by atoms with E-state index >= 15 is 0 Å². The van der Waals surface area contributed by atoms with Gasteiger partial charge >= 0.3 is 0 Å². The third-order valence-corrected chi connectivity index (χ3v) is 4.18. The van der Waals surface area contributed by atoms with Crippen molar-refractivity contribution in [1.29, 1.82) is 0 Å². The lowest BCUT2D eigenvalue weighted by molar-refractivity contribution is 0.199. The zero-order chi connectivity index (χ0) is 14.4. The van der Waals surface area contributed by atoms with E-state index in [1.165, 1.54) is 16.7 Å². The molecule has 0 saturated heterocycles. The first-order valence-electron chi connectivity index (χ1n) is 7.15. The van der Waals surface area contributed by atoms with Crippen molar-refractivity contribution in [2.75, 3.05) is 0 Å². The van der Waals surface area contributed by atoms with Gasteiger partial charge in [-0.2, -0.15) is 0 Å². The SMILES string of the molecule is C[C@@H](O)c1cccc(C2c3ccccc3-c3cncn32)c1. The van der Waals surface area contributed by atoms with E-state index in [-0.39, 0.29) is 6.04 Å². The summed E-state index contributed by atoms with van der Waals surface area (Å²) < 4.78 is 2.20. The molecular weight excluding hydrogens is 260 g/mol. The molecule has 0 saturated carbocycles. The molecule has 21 heavy (non-hydrogen) atoms. The summed E-state index contributed by atoms with van der Waals surface area (Å²) in [5.74, 6) is 0. The summed E-state index contributed by atoms with van der Waals surface area (Å²) in [6, 6.07) is 16.7. The van der Waals surface area contributed by atoms with Gasteiger partial charge in [-0.3, -0.25) is 0 Å². The second-order valence-corrected chi connectivity index (χ2v) is 5.52. The first-order valence-corrected chi connectivity index (χ1v) is 7.15. The summed E-state index contributed by atoms with van der Waals surface area (Å²) in [7, 11) is 0. The van der Waals surface area contributed by atoms with Crippen LogP contribution in [0.3, 0.4) is 0 Å². The van der Waals surface area contributed by atoms with Crippen LogP contribution in [0.4, 0.5) is 0 Å². The van der Waals surface area contributed by atoms with Crippen LogP contribution in [0.25, 0.3) is 11.3 Å². The number of nitrogens with zero attached hydrogens (tertiary/aromatic N) is 2. The monoisotopic (exact) mass is 276 g/mol. The van der Waals surface area contributed by atoms with Crippen molar-refractivity contribution in [2.45, 2.75) is 19.1 Å². The van der Waals surface area contributed by atoms with E-state index in [1.54, 1.807) is 6.92 Å². The molecule has 3 aromatic rings. The van der Waals surface area contributed by atoms with Gasteiger partial charge in [-0.05, 0) is 23.6 Å². The average molecular weight is 276 g/mol. The van der Waals surface area contributed by atoms with E-state index < -0.39 is 6.10 Å². The van der Waals surface area contributed by atoms with E-state index in [0.29, 0.717) is 0 Å². The van der Waals surface area contributed by atoms with Gasteiger partial charge in [0.1, 0.15) is 0 Å². The van der Waals surface area contributed by atoms with Crippen molar-refractivity contribution in [1.82, 2.24) is 9.55 Å². The van der Waals surface area contributed by atoms with Crippen molar-refractivity contribution >= 4 is 0 Å². The summed E-state index contributed by atoms with van der Waals surface area (Å²) in [6.07, 6.45) is 3.34.